The zero-order valence-electron chi connectivity index (χ0n) is 11.8. The van der Waals surface area contributed by atoms with E-state index in [0.717, 1.165) is 18.1 Å². The zero-order chi connectivity index (χ0) is 14.3. The minimum absolute atomic E-state index is 0.220. The monoisotopic (exact) mass is 315 g/mol. The summed E-state index contributed by atoms with van der Waals surface area (Å²) in [7, 11) is 0. The van der Waals surface area contributed by atoms with E-state index in [9.17, 15) is 0 Å². The molecule has 0 spiro atoms. The van der Waals surface area contributed by atoms with E-state index >= 15 is 0 Å². The van der Waals surface area contributed by atoms with Crippen LogP contribution < -0.4 is 5.32 Å². The predicted octanol–water partition coefficient (Wildman–Crippen LogP) is 4.29. The van der Waals surface area contributed by atoms with Crippen LogP contribution in [0.4, 0.5) is 0 Å². The van der Waals surface area contributed by atoms with Crippen molar-refractivity contribution in [3.63, 3.8) is 0 Å². The van der Waals surface area contributed by atoms with Gasteiger partial charge in [-0.05, 0) is 36.1 Å². The Bertz CT molecular complexity index is 641. The van der Waals surface area contributed by atoms with Crippen molar-refractivity contribution in [2.45, 2.75) is 28.4 Å². The molecule has 1 nitrogen and oxygen atoms in total. The molecule has 3 heteroatoms. The van der Waals surface area contributed by atoms with Crippen molar-refractivity contribution >= 4 is 23.4 Å². The van der Waals surface area contributed by atoms with E-state index in [4.69, 9.17) is 11.6 Å². The van der Waals surface area contributed by atoms with Gasteiger partial charge in [0.2, 0.25) is 0 Å². The Morgan fingerprint density at radius 2 is 1.86 bits per heavy atom. The highest BCUT2D eigenvalue weighted by atomic mass is 35.5. The minimum Gasteiger partial charge on any atom is -0.315 e. The largest absolute Gasteiger partial charge is 0.315 e. The van der Waals surface area contributed by atoms with Gasteiger partial charge in [-0.15, -0.1) is 11.8 Å². The first kappa shape index (κ1) is 13.7. The fourth-order valence-electron chi connectivity index (χ4n) is 3.57. The van der Waals surface area contributed by atoms with Crippen LogP contribution in [0.1, 0.15) is 17.5 Å². The number of thioether (sulfide) groups is 1. The Morgan fingerprint density at radius 3 is 2.57 bits per heavy atom. The van der Waals surface area contributed by atoms with Gasteiger partial charge in [0.05, 0.1) is 0 Å². The predicted molar refractivity (Wildman–Crippen MR) is 90.4 cm³/mol. The fourth-order valence-corrected chi connectivity index (χ4v) is 5.39. The van der Waals surface area contributed by atoms with Gasteiger partial charge in [-0.25, -0.2) is 0 Å². The lowest BCUT2D eigenvalue weighted by molar-refractivity contribution is 0.256. The van der Waals surface area contributed by atoms with Gasteiger partial charge in [0, 0.05) is 33.7 Å². The molecule has 0 aromatic heterocycles. The Labute approximate surface area is 135 Å². The molecule has 2 aliphatic heterocycles. The summed E-state index contributed by atoms with van der Waals surface area (Å²) in [4.78, 5) is 1.46. The second-order valence-electron chi connectivity index (χ2n) is 6.12. The number of halogens is 1. The molecule has 1 fully saturated rings. The second kappa shape index (κ2) is 5.35. The lowest BCUT2D eigenvalue weighted by Gasteiger charge is -2.45. The van der Waals surface area contributed by atoms with Crippen molar-refractivity contribution in [2.24, 2.45) is 0 Å². The zero-order valence-corrected chi connectivity index (χ0v) is 13.4. The highest BCUT2D eigenvalue weighted by Gasteiger charge is 2.42. The number of benzene rings is 2. The van der Waals surface area contributed by atoms with Crippen LogP contribution in [-0.2, 0) is 11.8 Å². The Kier molecular flexibility index (Phi) is 3.49. The smallest absolute Gasteiger partial charge is 0.0444 e. The molecular formula is C18H18ClNS. The molecule has 0 bridgehead atoms. The molecule has 4 rings (SSSR count). The molecule has 1 N–H and O–H groups in total. The van der Waals surface area contributed by atoms with E-state index in [2.05, 4.69) is 41.7 Å². The van der Waals surface area contributed by atoms with Crippen LogP contribution in [0.25, 0.3) is 0 Å². The van der Waals surface area contributed by atoms with E-state index < -0.39 is 0 Å². The molecule has 0 amide bonds. The third-order valence-corrected chi connectivity index (χ3v) is 6.35. The van der Waals surface area contributed by atoms with Crippen LogP contribution in [0.2, 0.25) is 5.02 Å². The Hall–Kier alpha value is -0.960. The number of nitrogens with one attached hydrogen (secondary N) is 1. The lowest BCUT2D eigenvalue weighted by Crippen LogP contribution is -2.58. The summed E-state index contributed by atoms with van der Waals surface area (Å²) in [5.41, 5.74) is 3.05. The van der Waals surface area contributed by atoms with Gasteiger partial charge in [-0.2, -0.15) is 0 Å². The van der Waals surface area contributed by atoms with Crippen LogP contribution >= 0.6 is 23.4 Å². The minimum atomic E-state index is 0.220. The van der Waals surface area contributed by atoms with Gasteiger partial charge >= 0.3 is 0 Å². The molecular weight excluding hydrogens is 298 g/mol. The summed E-state index contributed by atoms with van der Waals surface area (Å²) < 4.78 is 0. The summed E-state index contributed by atoms with van der Waals surface area (Å²) in [6.45, 7) is 2.09. The van der Waals surface area contributed by atoms with E-state index in [0.29, 0.717) is 5.25 Å². The quantitative estimate of drug-likeness (QED) is 0.907. The number of rotatable bonds is 3. The number of fused-ring (bicyclic) bond motifs is 1. The maximum atomic E-state index is 6.46. The third kappa shape index (κ3) is 2.40. The van der Waals surface area contributed by atoms with Crippen molar-refractivity contribution in [2.75, 3.05) is 13.1 Å². The van der Waals surface area contributed by atoms with E-state index in [1.165, 1.54) is 28.9 Å². The molecule has 1 atom stereocenters. The summed E-state index contributed by atoms with van der Waals surface area (Å²) >= 11 is 8.50. The first-order valence-corrected chi connectivity index (χ1v) is 8.73. The number of hydrogen-bond acceptors (Lipinski definition) is 2. The van der Waals surface area contributed by atoms with E-state index in [1.807, 2.05) is 23.9 Å². The van der Waals surface area contributed by atoms with E-state index in [-0.39, 0.29) is 5.41 Å². The van der Waals surface area contributed by atoms with Crippen LogP contribution in [0.3, 0.4) is 0 Å². The average molecular weight is 316 g/mol. The van der Waals surface area contributed by atoms with Crippen molar-refractivity contribution in [3.05, 3.63) is 64.7 Å². The molecule has 0 radical (unpaired) electrons. The molecule has 1 saturated heterocycles. The molecule has 0 aliphatic carbocycles. The SMILES string of the molecule is Clc1ccccc1C1(CC2Cc3ccccc3S2)CNC1. The Balaban J connectivity index is 1.58. The first-order valence-electron chi connectivity index (χ1n) is 7.47. The normalized spacial score (nSPS) is 22.6. The van der Waals surface area contributed by atoms with Gasteiger partial charge in [0.15, 0.2) is 0 Å². The topological polar surface area (TPSA) is 12.0 Å². The lowest BCUT2D eigenvalue weighted by atomic mass is 9.71. The number of hydrogen-bond donors (Lipinski definition) is 1. The van der Waals surface area contributed by atoms with Crippen LogP contribution in [0, 0.1) is 0 Å². The molecule has 2 heterocycles. The van der Waals surface area contributed by atoms with E-state index in [1.54, 1.807) is 0 Å². The highest BCUT2D eigenvalue weighted by molar-refractivity contribution is 8.00. The molecule has 108 valence electrons. The van der Waals surface area contributed by atoms with Gasteiger partial charge in [0.1, 0.15) is 0 Å². The summed E-state index contributed by atoms with van der Waals surface area (Å²) in [5, 5.41) is 5.04. The van der Waals surface area contributed by atoms with Crippen LogP contribution in [0.5, 0.6) is 0 Å². The average Bonchev–Trinajstić information content (AvgIpc) is 2.86. The first-order chi connectivity index (χ1) is 10.3. The van der Waals surface area contributed by atoms with Crippen LogP contribution in [-0.4, -0.2) is 18.3 Å². The molecule has 21 heavy (non-hydrogen) atoms. The maximum absolute atomic E-state index is 6.46. The molecule has 0 saturated carbocycles. The van der Waals surface area contributed by atoms with Gasteiger partial charge < -0.3 is 5.32 Å². The van der Waals surface area contributed by atoms with Crippen molar-refractivity contribution in [1.29, 1.82) is 0 Å². The fraction of sp³-hybridized carbons (Fsp3) is 0.333. The second-order valence-corrected chi connectivity index (χ2v) is 7.87. The van der Waals surface area contributed by atoms with Crippen LogP contribution in [0.15, 0.2) is 53.4 Å². The summed E-state index contributed by atoms with van der Waals surface area (Å²) in [5.74, 6) is 0. The highest BCUT2D eigenvalue weighted by Crippen LogP contribution is 2.45. The van der Waals surface area contributed by atoms with Crippen molar-refractivity contribution in [3.8, 4) is 0 Å². The van der Waals surface area contributed by atoms with Gasteiger partial charge in [-0.1, -0.05) is 48.0 Å². The Morgan fingerprint density at radius 1 is 1.10 bits per heavy atom. The molecule has 2 aromatic carbocycles. The molecule has 2 aliphatic rings. The van der Waals surface area contributed by atoms with Gasteiger partial charge in [-0.3, -0.25) is 0 Å². The molecule has 2 aromatic rings. The molecule has 1 unspecified atom stereocenters. The summed E-state index contributed by atoms with van der Waals surface area (Å²) in [6.07, 6.45) is 2.39. The summed E-state index contributed by atoms with van der Waals surface area (Å²) in [6, 6.07) is 17.2. The standard InChI is InChI=1S/C18H18ClNS/c19-16-7-3-2-6-15(16)18(11-20-12-18)10-14-9-13-5-1-4-8-17(13)21-14/h1-8,14,20H,9-12H2. The van der Waals surface area contributed by atoms with Crippen molar-refractivity contribution in [1.82, 2.24) is 5.32 Å². The maximum Gasteiger partial charge on any atom is 0.0444 e. The third-order valence-electron chi connectivity index (χ3n) is 4.70. The van der Waals surface area contributed by atoms with Crippen molar-refractivity contribution < 1.29 is 0 Å². The van der Waals surface area contributed by atoms with Gasteiger partial charge in [0.25, 0.3) is 0 Å².